The molecule has 0 unspecified atom stereocenters. The summed E-state index contributed by atoms with van der Waals surface area (Å²) in [7, 11) is 0. The first kappa shape index (κ1) is 25.3. The van der Waals surface area contributed by atoms with Crippen LogP contribution in [-0.2, 0) is 33.4 Å². The van der Waals surface area contributed by atoms with Crippen molar-refractivity contribution in [2.75, 3.05) is 11.5 Å². The number of carbonyl (C=O) groups excluding carboxylic acids is 3. The highest BCUT2D eigenvalue weighted by molar-refractivity contribution is 8.00. The zero-order chi connectivity index (χ0) is 22.5. The number of hydrogen-bond acceptors (Lipinski definition) is 8. The van der Waals surface area contributed by atoms with E-state index in [0.29, 0.717) is 12.8 Å². The fourth-order valence-corrected chi connectivity index (χ4v) is 3.40. The van der Waals surface area contributed by atoms with Gasteiger partial charge in [0.1, 0.15) is 17.3 Å². The predicted molar refractivity (Wildman–Crippen MR) is 107 cm³/mol. The van der Waals surface area contributed by atoms with Gasteiger partial charge in [0.05, 0.1) is 11.5 Å². The Bertz CT molecular complexity index is 591. The zero-order valence-electron chi connectivity index (χ0n) is 18.0. The first-order valence-electron chi connectivity index (χ1n) is 9.60. The van der Waals surface area contributed by atoms with E-state index in [2.05, 4.69) is 0 Å². The molecule has 0 bridgehead atoms. The van der Waals surface area contributed by atoms with Crippen molar-refractivity contribution in [3.05, 3.63) is 0 Å². The quantitative estimate of drug-likeness (QED) is 0.368. The summed E-state index contributed by atoms with van der Waals surface area (Å²) in [6.07, 6.45) is 0.487. The molecule has 1 N–H and O–H groups in total. The smallest absolute Gasteiger partial charge is 0.324 e. The van der Waals surface area contributed by atoms with Gasteiger partial charge in [-0.1, -0.05) is 0 Å². The van der Waals surface area contributed by atoms with Gasteiger partial charge < -0.3 is 19.3 Å². The Balaban J connectivity index is 2.81. The molecule has 0 heterocycles. The highest BCUT2D eigenvalue weighted by Gasteiger charge is 2.53. The average Bonchev–Trinajstić information content (AvgIpc) is 2.51. The minimum atomic E-state index is -1.43. The van der Waals surface area contributed by atoms with Crippen molar-refractivity contribution in [3.63, 3.8) is 0 Å². The Morgan fingerprint density at radius 1 is 0.897 bits per heavy atom. The standard InChI is InChI=1S/C20H32O8S/c1-18(2,3)27-16(24)20(17(25)28-19(4,5)6)9-7-13(8-10-20)26-15(23)12-29-11-14(21)22/h13H,7-12H2,1-6H3,(H,21,22). The summed E-state index contributed by atoms with van der Waals surface area (Å²) < 4.78 is 16.4. The molecule has 0 aromatic heterocycles. The van der Waals surface area contributed by atoms with Crippen molar-refractivity contribution < 1.29 is 38.5 Å². The van der Waals surface area contributed by atoms with Gasteiger partial charge in [-0.15, -0.1) is 11.8 Å². The van der Waals surface area contributed by atoms with Gasteiger partial charge in [-0.2, -0.15) is 0 Å². The first-order chi connectivity index (χ1) is 13.1. The van der Waals surface area contributed by atoms with E-state index < -0.39 is 46.6 Å². The fourth-order valence-electron chi connectivity index (χ4n) is 2.89. The third-order valence-corrected chi connectivity index (χ3v) is 5.00. The molecule has 0 aromatic carbocycles. The summed E-state index contributed by atoms with van der Waals surface area (Å²) in [5, 5.41) is 8.61. The topological polar surface area (TPSA) is 116 Å². The van der Waals surface area contributed by atoms with Gasteiger partial charge in [-0.3, -0.25) is 19.2 Å². The largest absolute Gasteiger partial charge is 0.481 e. The zero-order valence-corrected chi connectivity index (χ0v) is 18.8. The van der Waals surface area contributed by atoms with Crippen molar-refractivity contribution in [1.82, 2.24) is 0 Å². The van der Waals surface area contributed by atoms with Gasteiger partial charge >= 0.3 is 23.9 Å². The number of carboxylic acids is 1. The maximum absolute atomic E-state index is 12.9. The van der Waals surface area contributed by atoms with Crippen LogP contribution in [0.5, 0.6) is 0 Å². The van der Waals surface area contributed by atoms with Gasteiger partial charge in [0, 0.05) is 0 Å². The molecule has 0 aromatic rings. The number of hydrogen-bond donors (Lipinski definition) is 1. The van der Waals surface area contributed by atoms with Gasteiger partial charge in [-0.25, -0.2) is 0 Å². The minimum absolute atomic E-state index is 0.0634. The first-order valence-corrected chi connectivity index (χ1v) is 10.8. The van der Waals surface area contributed by atoms with Crippen LogP contribution in [0.25, 0.3) is 0 Å². The van der Waals surface area contributed by atoms with Crippen LogP contribution in [-0.4, -0.2) is 57.8 Å². The number of thioether (sulfide) groups is 1. The van der Waals surface area contributed by atoms with E-state index in [-0.39, 0.29) is 24.3 Å². The Kier molecular flexibility index (Phi) is 8.56. The average molecular weight is 433 g/mol. The van der Waals surface area contributed by atoms with E-state index in [9.17, 15) is 19.2 Å². The van der Waals surface area contributed by atoms with Crippen LogP contribution < -0.4 is 0 Å². The molecule has 0 spiro atoms. The third kappa shape index (κ3) is 8.64. The number of carbonyl (C=O) groups is 4. The van der Waals surface area contributed by atoms with Crippen LogP contribution in [0.3, 0.4) is 0 Å². The number of carboxylic acid groups (broad SMARTS) is 1. The summed E-state index contributed by atoms with van der Waals surface area (Å²) in [6.45, 7) is 10.4. The van der Waals surface area contributed by atoms with Gasteiger partial charge in [0.2, 0.25) is 0 Å². The van der Waals surface area contributed by atoms with Crippen molar-refractivity contribution >= 4 is 35.6 Å². The molecule has 0 amide bonds. The Morgan fingerprint density at radius 2 is 1.34 bits per heavy atom. The van der Waals surface area contributed by atoms with E-state index in [1.807, 2.05) is 0 Å². The highest BCUT2D eigenvalue weighted by Crippen LogP contribution is 2.41. The van der Waals surface area contributed by atoms with Crippen molar-refractivity contribution in [1.29, 1.82) is 0 Å². The van der Waals surface area contributed by atoms with Crippen LogP contribution in [0.1, 0.15) is 67.2 Å². The molecular formula is C20H32O8S. The summed E-state index contributed by atoms with van der Waals surface area (Å²) in [5.41, 5.74) is -2.94. The Morgan fingerprint density at radius 3 is 1.72 bits per heavy atom. The second-order valence-corrected chi connectivity index (χ2v) is 10.1. The van der Waals surface area contributed by atoms with Crippen molar-refractivity contribution in [3.8, 4) is 0 Å². The van der Waals surface area contributed by atoms with E-state index in [4.69, 9.17) is 19.3 Å². The van der Waals surface area contributed by atoms with Crippen LogP contribution in [0.4, 0.5) is 0 Å². The fraction of sp³-hybridized carbons (Fsp3) is 0.800. The molecule has 1 aliphatic rings. The van der Waals surface area contributed by atoms with Crippen molar-refractivity contribution in [2.45, 2.75) is 84.5 Å². The van der Waals surface area contributed by atoms with E-state index in [1.54, 1.807) is 41.5 Å². The molecule has 1 saturated carbocycles. The van der Waals surface area contributed by atoms with Gasteiger partial charge in [0.25, 0.3) is 0 Å². The van der Waals surface area contributed by atoms with Crippen LogP contribution in [0, 0.1) is 5.41 Å². The molecule has 1 rings (SSSR count). The lowest BCUT2D eigenvalue weighted by molar-refractivity contribution is -0.190. The van der Waals surface area contributed by atoms with Crippen molar-refractivity contribution in [2.24, 2.45) is 5.41 Å². The summed E-state index contributed by atoms with van der Waals surface area (Å²) in [5.74, 6) is -3.00. The van der Waals surface area contributed by atoms with Gasteiger partial charge in [-0.05, 0) is 67.2 Å². The molecule has 0 atom stereocenters. The predicted octanol–water partition coefficient (Wildman–Crippen LogP) is 2.96. The normalized spacial score (nSPS) is 17.3. The molecule has 0 saturated heterocycles. The molecule has 29 heavy (non-hydrogen) atoms. The van der Waals surface area contributed by atoms with E-state index >= 15 is 0 Å². The summed E-state index contributed by atoms with van der Waals surface area (Å²) in [6, 6.07) is 0. The van der Waals surface area contributed by atoms with Crippen LogP contribution in [0.2, 0.25) is 0 Å². The number of esters is 3. The maximum Gasteiger partial charge on any atom is 0.324 e. The monoisotopic (exact) mass is 432 g/mol. The molecular weight excluding hydrogens is 400 g/mol. The number of ether oxygens (including phenoxy) is 3. The second kappa shape index (κ2) is 9.82. The van der Waals surface area contributed by atoms with E-state index in [0.717, 1.165) is 11.8 Å². The molecule has 166 valence electrons. The summed E-state index contributed by atoms with van der Waals surface area (Å²) in [4.78, 5) is 48.2. The molecule has 1 fully saturated rings. The SMILES string of the molecule is CC(C)(C)OC(=O)C1(C(=O)OC(C)(C)C)CCC(OC(=O)CSCC(=O)O)CC1. The third-order valence-electron chi connectivity index (χ3n) is 4.11. The van der Waals surface area contributed by atoms with Crippen LogP contribution in [0.15, 0.2) is 0 Å². The molecule has 9 heteroatoms. The van der Waals surface area contributed by atoms with Crippen LogP contribution >= 0.6 is 11.8 Å². The summed E-state index contributed by atoms with van der Waals surface area (Å²) >= 11 is 0.958. The molecule has 1 aliphatic carbocycles. The highest BCUT2D eigenvalue weighted by atomic mass is 32.2. The Labute approximate surface area is 176 Å². The minimum Gasteiger partial charge on any atom is -0.481 e. The van der Waals surface area contributed by atoms with Gasteiger partial charge in [0.15, 0.2) is 5.41 Å². The number of rotatable bonds is 7. The lowest BCUT2D eigenvalue weighted by Crippen LogP contribution is -2.49. The Hall–Kier alpha value is -1.77. The molecule has 8 nitrogen and oxygen atoms in total. The second-order valence-electron chi connectivity index (χ2n) is 9.16. The van der Waals surface area contributed by atoms with E-state index in [1.165, 1.54) is 0 Å². The molecule has 0 radical (unpaired) electrons. The lowest BCUT2D eigenvalue weighted by Gasteiger charge is -2.38. The lowest BCUT2D eigenvalue weighted by atomic mass is 9.72. The number of aliphatic carboxylic acids is 1. The maximum atomic E-state index is 12.9. The molecule has 0 aliphatic heterocycles.